The SMILES string of the molecule is COc1cc([C@H]2CC(=O)Nc3n[nH]c(C)c32)ccc1OCc1ccc(Cl)cc1. The second-order valence-corrected chi connectivity index (χ2v) is 7.18. The molecule has 2 N–H and O–H groups in total. The predicted octanol–water partition coefficient (Wildman–Crippen LogP) is 4.43. The smallest absolute Gasteiger partial charge is 0.226 e. The van der Waals surface area contributed by atoms with Crippen LogP contribution in [0.3, 0.4) is 0 Å². The summed E-state index contributed by atoms with van der Waals surface area (Å²) in [6, 6.07) is 13.3. The number of methoxy groups -OCH3 is 1. The molecule has 0 unspecified atom stereocenters. The quantitative estimate of drug-likeness (QED) is 0.667. The molecule has 2 aromatic carbocycles. The zero-order valence-corrected chi connectivity index (χ0v) is 16.3. The van der Waals surface area contributed by atoms with Crippen molar-refractivity contribution in [3.05, 3.63) is 69.9 Å². The van der Waals surface area contributed by atoms with Gasteiger partial charge in [0.1, 0.15) is 6.61 Å². The van der Waals surface area contributed by atoms with E-state index in [2.05, 4.69) is 15.5 Å². The van der Waals surface area contributed by atoms with Crippen molar-refractivity contribution in [1.29, 1.82) is 0 Å². The molecular formula is C21H20ClN3O3. The minimum atomic E-state index is -0.0817. The second kappa shape index (κ2) is 7.56. The number of benzene rings is 2. The molecular weight excluding hydrogens is 378 g/mol. The maximum atomic E-state index is 12.1. The van der Waals surface area contributed by atoms with E-state index in [9.17, 15) is 4.79 Å². The van der Waals surface area contributed by atoms with E-state index >= 15 is 0 Å². The first-order chi connectivity index (χ1) is 13.5. The Morgan fingerprint density at radius 1 is 1.18 bits per heavy atom. The normalized spacial score (nSPS) is 15.7. The van der Waals surface area contributed by atoms with Crippen LogP contribution in [0.4, 0.5) is 5.82 Å². The van der Waals surface area contributed by atoms with E-state index in [1.54, 1.807) is 7.11 Å². The van der Waals surface area contributed by atoms with Crippen LogP contribution < -0.4 is 14.8 Å². The maximum Gasteiger partial charge on any atom is 0.226 e. The number of carbonyl (C=O) groups excluding carboxylic acids is 1. The lowest BCUT2D eigenvalue weighted by Gasteiger charge is -2.23. The molecule has 1 aromatic heterocycles. The second-order valence-electron chi connectivity index (χ2n) is 6.74. The van der Waals surface area contributed by atoms with Gasteiger partial charge in [0.15, 0.2) is 17.3 Å². The highest BCUT2D eigenvalue weighted by molar-refractivity contribution is 6.30. The van der Waals surface area contributed by atoms with E-state index < -0.39 is 0 Å². The monoisotopic (exact) mass is 397 g/mol. The van der Waals surface area contributed by atoms with Gasteiger partial charge in [-0.1, -0.05) is 29.8 Å². The van der Waals surface area contributed by atoms with Crippen LogP contribution in [0.25, 0.3) is 0 Å². The first-order valence-corrected chi connectivity index (χ1v) is 9.33. The summed E-state index contributed by atoms with van der Waals surface area (Å²) in [7, 11) is 1.61. The summed E-state index contributed by atoms with van der Waals surface area (Å²) < 4.78 is 11.5. The highest BCUT2D eigenvalue weighted by atomic mass is 35.5. The van der Waals surface area contributed by atoms with Crippen LogP contribution >= 0.6 is 11.6 Å². The third-order valence-electron chi connectivity index (χ3n) is 4.89. The number of rotatable bonds is 5. The summed E-state index contributed by atoms with van der Waals surface area (Å²) in [6.07, 6.45) is 0.363. The molecule has 0 spiro atoms. The number of ether oxygens (including phenoxy) is 2. The summed E-state index contributed by atoms with van der Waals surface area (Å²) in [6.45, 7) is 2.36. The fraction of sp³-hybridized carbons (Fsp3) is 0.238. The third kappa shape index (κ3) is 3.55. The Bertz CT molecular complexity index is 1010. The van der Waals surface area contributed by atoms with Crippen molar-refractivity contribution in [2.75, 3.05) is 12.4 Å². The van der Waals surface area contributed by atoms with Crippen molar-refractivity contribution in [1.82, 2.24) is 10.2 Å². The zero-order valence-electron chi connectivity index (χ0n) is 15.6. The van der Waals surface area contributed by atoms with E-state index in [4.69, 9.17) is 21.1 Å². The summed E-state index contributed by atoms with van der Waals surface area (Å²) in [5, 5.41) is 10.6. The van der Waals surface area contributed by atoms with Crippen molar-refractivity contribution >= 4 is 23.3 Å². The Kier molecular flexibility index (Phi) is 4.96. The van der Waals surface area contributed by atoms with Gasteiger partial charge in [0, 0.05) is 28.6 Å². The van der Waals surface area contributed by atoms with Gasteiger partial charge in [-0.2, -0.15) is 5.10 Å². The topological polar surface area (TPSA) is 76.2 Å². The van der Waals surface area contributed by atoms with Crippen molar-refractivity contribution in [3.8, 4) is 11.5 Å². The number of fused-ring (bicyclic) bond motifs is 1. The van der Waals surface area contributed by atoms with Crippen LogP contribution in [0, 0.1) is 6.92 Å². The van der Waals surface area contributed by atoms with E-state index in [0.29, 0.717) is 35.4 Å². The number of hydrogen-bond acceptors (Lipinski definition) is 4. The number of hydrogen-bond donors (Lipinski definition) is 2. The standard InChI is InChI=1S/C21H20ClN3O3/c1-12-20-16(10-19(26)23-21(20)25-24-12)14-5-8-17(18(9-14)27-2)28-11-13-3-6-15(22)7-4-13/h3-9,16H,10-11H2,1-2H3,(H2,23,24,25,26)/t16-/m1/s1. The molecule has 28 heavy (non-hydrogen) atoms. The molecule has 7 heteroatoms. The van der Waals surface area contributed by atoms with Gasteiger partial charge in [-0.25, -0.2) is 0 Å². The summed E-state index contributed by atoms with van der Waals surface area (Å²) in [5.41, 5.74) is 3.95. The number of anilines is 1. The van der Waals surface area contributed by atoms with Crippen molar-refractivity contribution in [2.24, 2.45) is 0 Å². The highest BCUT2D eigenvalue weighted by Crippen LogP contribution is 2.40. The fourth-order valence-corrected chi connectivity index (χ4v) is 3.60. The molecule has 1 amide bonds. The molecule has 144 valence electrons. The van der Waals surface area contributed by atoms with Gasteiger partial charge in [-0.05, 0) is 42.3 Å². The van der Waals surface area contributed by atoms with Gasteiger partial charge in [-0.15, -0.1) is 0 Å². The Morgan fingerprint density at radius 2 is 1.96 bits per heavy atom. The third-order valence-corrected chi connectivity index (χ3v) is 5.14. The lowest BCUT2D eigenvalue weighted by atomic mass is 9.85. The van der Waals surface area contributed by atoms with Gasteiger partial charge in [-0.3, -0.25) is 9.89 Å². The molecule has 1 aliphatic heterocycles. The van der Waals surface area contributed by atoms with E-state index in [0.717, 1.165) is 22.4 Å². The number of carbonyl (C=O) groups is 1. The minimum absolute atomic E-state index is 0.0500. The van der Waals surface area contributed by atoms with E-state index in [1.165, 1.54) is 0 Å². The summed E-state index contributed by atoms with van der Waals surface area (Å²) in [4.78, 5) is 12.1. The van der Waals surface area contributed by atoms with E-state index in [1.807, 2.05) is 49.4 Å². The molecule has 6 nitrogen and oxygen atoms in total. The fourth-order valence-electron chi connectivity index (χ4n) is 3.48. The highest BCUT2D eigenvalue weighted by Gasteiger charge is 2.30. The number of aromatic amines is 1. The molecule has 0 fully saturated rings. The summed E-state index contributed by atoms with van der Waals surface area (Å²) >= 11 is 5.92. The van der Waals surface area contributed by atoms with Crippen LogP contribution in [0.1, 0.15) is 34.7 Å². The molecule has 2 heterocycles. The molecule has 0 bridgehead atoms. The van der Waals surface area contributed by atoms with Crippen LogP contribution in [-0.2, 0) is 11.4 Å². The number of nitrogens with zero attached hydrogens (tertiary/aromatic N) is 1. The molecule has 0 saturated heterocycles. The number of amides is 1. The molecule has 0 saturated carbocycles. The summed E-state index contributed by atoms with van der Waals surface area (Å²) in [5.74, 6) is 1.74. The number of halogens is 1. The zero-order chi connectivity index (χ0) is 19.7. The van der Waals surface area contributed by atoms with Gasteiger partial charge in [0.2, 0.25) is 5.91 Å². The first kappa shape index (κ1) is 18.4. The number of H-pyrrole nitrogens is 1. The van der Waals surface area contributed by atoms with Gasteiger partial charge >= 0.3 is 0 Å². The average Bonchev–Trinajstić information content (AvgIpc) is 3.07. The Balaban J connectivity index is 1.59. The maximum absolute atomic E-state index is 12.1. The predicted molar refractivity (Wildman–Crippen MR) is 107 cm³/mol. The first-order valence-electron chi connectivity index (χ1n) is 8.95. The van der Waals surface area contributed by atoms with E-state index in [-0.39, 0.29) is 11.8 Å². The Hall–Kier alpha value is -2.99. The molecule has 1 atom stereocenters. The molecule has 1 aliphatic rings. The van der Waals surface area contributed by atoms with Crippen LogP contribution in [0.15, 0.2) is 42.5 Å². The van der Waals surface area contributed by atoms with Crippen molar-refractivity contribution in [3.63, 3.8) is 0 Å². The van der Waals surface area contributed by atoms with Gasteiger partial charge in [0.05, 0.1) is 7.11 Å². The Morgan fingerprint density at radius 3 is 2.71 bits per heavy atom. The molecule has 0 radical (unpaired) electrons. The van der Waals surface area contributed by atoms with Gasteiger partial charge < -0.3 is 14.8 Å². The molecule has 0 aliphatic carbocycles. The number of aromatic nitrogens is 2. The van der Waals surface area contributed by atoms with Crippen molar-refractivity contribution in [2.45, 2.75) is 25.9 Å². The average molecular weight is 398 g/mol. The van der Waals surface area contributed by atoms with Crippen molar-refractivity contribution < 1.29 is 14.3 Å². The minimum Gasteiger partial charge on any atom is -0.493 e. The Labute approximate surface area is 167 Å². The van der Waals surface area contributed by atoms with Gasteiger partial charge in [0.25, 0.3) is 0 Å². The molecule has 4 rings (SSSR count). The van der Waals surface area contributed by atoms with Crippen LogP contribution in [0.2, 0.25) is 5.02 Å². The number of aryl methyl sites for hydroxylation is 1. The van der Waals surface area contributed by atoms with Crippen LogP contribution in [-0.4, -0.2) is 23.2 Å². The largest absolute Gasteiger partial charge is 0.493 e. The lowest BCUT2D eigenvalue weighted by molar-refractivity contribution is -0.116. The number of nitrogens with one attached hydrogen (secondary N) is 2. The van der Waals surface area contributed by atoms with Crippen LogP contribution in [0.5, 0.6) is 11.5 Å². The molecule has 3 aromatic rings. The lowest BCUT2D eigenvalue weighted by Crippen LogP contribution is -2.23.